The van der Waals surface area contributed by atoms with Crippen molar-refractivity contribution >= 4 is 5.71 Å². The highest BCUT2D eigenvalue weighted by atomic mass is 16.3. The first-order valence-corrected chi connectivity index (χ1v) is 8.78. The van der Waals surface area contributed by atoms with Gasteiger partial charge in [-0.25, -0.2) is 9.36 Å². The van der Waals surface area contributed by atoms with Crippen LogP contribution in [0, 0.1) is 6.92 Å². The standard InChI is InChI=1S/C19H26N4O3/c1-5-22(6-2)12-11-20-14(4)16-17(24)21-19(26)23(18(16)25)15-9-7-13(3)8-10-15/h7-10,25H,5-6,11-12H2,1-4H3,(H,21,24,26). The van der Waals surface area contributed by atoms with E-state index < -0.39 is 17.1 Å². The Bertz CT molecular complexity index is 890. The third kappa shape index (κ3) is 4.29. The molecule has 0 aliphatic heterocycles. The minimum Gasteiger partial charge on any atom is -0.493 e. The van der Waals surface area contributed by atoms with Crippen LogP contribution in [0.15, 0.2) is 38.8 Å². The first-order valence-electron chi connectivity index (χ1n) is 8.78. The van der Waals surface area contributed by atoms with Crippen LogP contribution in [0.4, 0.5) is 0 Å². The van der Waals surface area contributed by atoms with E-state index in [0.717, 1.165) is 29.8 Å². The van der Waals surface area contributed by atoms with E-state index in [4.69, 9.17) is 0 Å². The van der Waals surface area contributed by atoms with Gasteiger partial charge in [-0.15, -0.1) is 0 Å². The maximum atomic E-state index is 12.2. The number of aryl methyl sites for hydroxylation is 1. The molecule has 0 atom stereocenters. The summed E-state index contributed by atoms with van der Waals surface area (Å²) in [6.07, 6.45) is 0. The summed E-state index contributed by atoms with van der Waals surface area (Å²) in [5, 5.41) is 10.6. The fourth-order valence-electron chi connectivity index (χ4n) is 2.76. The molecular weight excluding hydrogens is 332 g/mol. The number of nitrogens with zero attached hydrogens (tertiary/aromatic N) is 3. The van der Waals surface area contributed by atoms with Gasteiger partial charge in [0.05, 0.1) is 12.2 Å². The number of benzene rings is 1. The molecule has 0 aliphatic carbocycles. The molecule has 2 aromatic rings. The normalized spacial score (nSPS) is 12.0. The second-order valence-electron chi connectivity index (χ2n) is 6.12. The van der Waals surface area contributed by atoms with E-state index in [1.807, 2.05) is 19.1 Å². The number of rotatable bonds is 7. The Kier molecular flexibility index (Phi) is 6.52. The summed E-state index contributed by atoms with van der Waals surface area (Å²) in [5.74, 6) is -0.397. The largest absolute Gasteiger partial charge is 0.493 e. The van der Waals surface area contributed by atoms with Crippen molar-refractivity contribution < 1.29 is 5.11 Å². The van der Waals surface area contributed by atoms with Gasteiger partial charge >= 0.3 is 5.69 Å². The molecule has 0 bridgehead atoms. The zero-order chi connectivity index (χ0) is 19.3. The summed E-state index contributed by atoms with van der Waals surface area (Å²) < 4.78 is 1.08. The van der Waals surface area contributed by atoms with Crippen LogP contribution in [0.1, 0.15) is 31.9 Å². The van der Waals surface area contributed by atoms with Crippen molar-refractivity contribution in [3.8, 4) is 11.6 Å². The highest BCUT2D eigenvalue weighted by Gasteiger charge is 2.17. The Morgan fingerprint density at radius 1 is 1.19 bits per heavy atom. The summed E-state index contributed by atoms with van der Waals surface area (Å²) in [6.45, 7) is 10.9. The Labute approximate surface area is 152 Å². The first-order chi connectivity index (χ1) is 12.4. The van der Waals surface area contributed by atoms with Gasteiger partial charge < -0.3 is 10.0 Å². The topological polar surface area (TPSA) is 90.7 Å². The maximum absolute atomic E-state index is 12.2. The van der Waals surface area contributed by atoms with E-state index in [9.17, 15) is 14.7 Å². The minimum atomic E-state index is -0.684. The molecule has 0 aliphatic rings. The molecule has 7 nitrogen and oxygen atoms in total. The van der Waals surface area contributed by atoms with Crippen LogP contribution in [-0.4, -0.2) is 51.4 Å². The monoisotopic (exact) mass is 358 g/mol. The number of aromatic hydroxyl groups is 1. The average Bonchev–Trinajstić information content (AvgIpc) is 2.60. The van der Waals surface area contributed by atoms with Gasteiger partial charge in [0.25, 0.3) is 5.56 Å². The van der Waals surface area contributed by atoms with Crippen molar-refractivity contribution in [2.75, 3.05) is 26.2 Å². The second kappa shape index (κ2) is 8.62. The van der Waals surface area contributed by atoms with Crippen molar-refractivity contribution in [1.29, 1.82) is 0 Å². The molecule has 140 valence electrons. The van der Waals surface area contributed by atoms with E-state index in [0.29, 0.717) is 17.9 Å². The van der Waals surface area contributed by atoms with Crippen LogP contribution in [0.25, 0.3) is 5.69 Å². The third-order valence-corrected chi connectivity index (χ3v) is 4.40. The van der Waals surface area contributed by atoms with E-state index >= 15 is 0 Å². The van der Waals surface area contributed by atoms with Crippen molar-refractivity contribution in [3.05, 3.63) is 56.2 Å². The molecule has 0 saturated heterocycles. The molecule has 26 heavy (non-hydrogen) atoms. The van der Waals surface area contributed by atoms with Gasteiger partial charge in [-0.2, -0.15) is 0 Å². The molecule has 2 rings (SSSR count). The van der Waals surface area contributed by atoms with Crippen LogP contribution in [0.3, 0.4) is 0 Å². The van der Waals surface area contributed by atoms with Crippen LogP contribution in [0.5, 0.6) is 5.88 Å². The maximum Gasteiger partial charge on any atom is 0.335 e. The van der Waals surface area contributed by atoms with E-state index in [1.165, 1.54) is 0 Å². The quantitative estimate of drug-likeness (QED) is 0.737. The molecule has 1 aromatic carbocycles. The number of likely N-dealkylation sites (N-methyl/N-ethyl adjacent to an activating group) is 1. The van der Waals surface area contributed by atoms with Crippen molar-refractivity contribution in [1.82, 2.24) is 14.5 Å². The highest BCUT2D eigenvalue weighted by molar-refractivity contribution is 6.00. The van der Waals surface area contributed by atoms with Crippen molar-refractivity contribution in [3.63, 3.8) is 0 Å². The van der Waals surface area contributed by atoms with Gasteiger partial charge in [-0.3, -0.25) is 14.8 Å². The Balaban J connectivity index is 2.43. The lowest BCUT2D eigenvalue weighted by Gasteiger charge is -2.16. The summed E-state index contributed by atoms with van der Waals surface area (Å²) >= 11 is 0. The molecule has 0 saturated carbocycles. The van der Waals surface area contributed by atoms with Crippen LogP contribution in [-0.2, 0) is 0 Å². The average molecular weight is 358 g/mol. The lowest BCUT2D eigenvalue weighted by atomic mass is 10.2. The fraction of sp³-hybridized carbons (Fsp3) is 0.421. The SMILES string of the molecule is CCN(CC)CCN=C(C)c1c(O)n(-c2ccc(C)cc2)c(=O)[nH]c1=O. The van der Waals surface area contributed by atoms with E-state index in [-0.39, 0.29) is 5.56 Å². The first kappa shape index (κ1) is 19.7. The van der Waals surface area contributed by atoms with Gasteiger partial charge in [-0.1, -0.05) is 31.5 Å². The van der Waals surface area contributed by atoms with Crippen LogP contribution < -0.4 is 11.2 Å². The van der Waals surface area contributed by atoms with Crippen molar-refractivity contribution in [2.24, 2.45) is 4.99 Å². The summed E-state index contributed by atoms with van der Waals surface area (Å²) in [4.78, 5) is 33.3. The molecule has 0 fully saturated rings. The van der Waals surface area contributed by atoms with Gasteiger partial charge in [0.1, 0.15) is 5.56 Å². The summed E-state index contributed by atoms with van der Waals surface area (Å²) in [5.41, 5.74) is 0.601. The van der Waals surface area contributed by atoms with Gasteiger partial charge in [0.15, 0.2) is 0 Å². The molecule has 2 N–H and O–H groups in total. The number of aromatic nitrogens is 2. The lowest BCUT2D eigenvalue weighted by molar-refractivity contribution is 0.313. The molecule has 0 amide bonds. The molecule has 1 heterocycles. The molecular formula is C19H26N4O3. The molecule has 1 aromatic heterocycles. The number of hydrogen-bond acceptors (Lipinski definition) is 5. The molecule has 0 spiro atoms. The zero-order valence-corrected chi connectivity index (χ0v) is 15.7. The van der Waals surface area contributed by atoms with Gasteiger partial charge in [0, 0.05) is 12.3 Å². The van der Waals surface area contributed by atoms with Gasteiger partial charge in [-0.05, 0) is 39.1 Å². The molecule has 0 unspecified atom stereocenters. The number of nitrogens with one attached hydrogen (secondary N) is 1. The second-order valence-corrected chi connectivity index (χ2v) is 6.12. The zero-order valence-electron chi connectivity index (χ0n) is 15.7. The predicted octanol–water partition coefficient (Wildman–Crippen LogP) is 1.69. The number of aliphatic imine (C=N–C) groups is 1. The predicted molar refractivity (Wildman–Crippen MR) is 104 cm³/mol. The smallest absolute Gasteiger partial charge is 0.335 e. The van der Waals surface area contributed by atoms with Crippen molar-refractivity contribution in [2.45, 2.75) is 27.7 Å². The number of aromatic amines is 1. The Hall–Kier alpha value is -2.67. The van der Waals surface area contributed by atoms with Crippen LogP contribution in [0.2, 0.25) is 0 Å². The lowest BCUT2D eigenvalue weighted by Crippen LogP contribution is -2.33. The van der Waals surface area contributed by atoms with Crippen LogP contribution >= 0.6 is 0 Å². The third-order valence-electron chi connectivity index (χ3n) is 4.40. The van der Waals surface area contributed by atoms with E-state index in [1.54, 1.807) is 19.1 Å². The summed E-state index contributed by atoms with van der Waals surface area (Å²) in [6, 6.07) is 7.09. The van der Waals surface area contributed by atoms with Gasteiger partial charge in [0.2, 0.25) is 5.88 Å². The fourth-order valence-corrected chi connectivity index (χ4v) is 2.76. The molecule has 0 radical (unpaired) electrons. The Morgan fingerprint density at radius 2 is 1.81 bits per heavy atom. The number of hydrogen-bond donors (Lipinski definition) is 2. The van der Waals surface area contributed by atoms with E-state index in [2.05, 4.69) is 28.7 Å². The molecule has 7 heteroatoms. The summed E-state index contributed by atoms with van der Waals surface area (Å²) in [7, 11) is 0. The number of H-pyrrole nitrogens is 1. The highest BCUT2D eigenvalue weighted by Crippen LogP contribution is 2.17. The minimum absolute atomic E-state index is 0.0183. The Morgan fingerprint density at radius 3 is 2.38 bits per heavy atom.